The van der Waals surface area contributed by atoms with Crippen molar-refractivity contribution in [1.82, 2.24) is 20.2 Å². The molecule has 0 aliphatic heterocycles. The van der Waals surface area contributed by atoms with Gasteiger partial charge in [0.15, 0.2) is 0 Å². The number of nitrogens with one attached hydrogen (secondary N) is 1. The minimum absolute atomic E-state index is 0.0335. The average molecular weight is 274 g/mol. The molecule has 0 saturated heterocycles. The number of nitrogens with two attached hydrogens (primary N) is 1. The molecule has 0 aliphatic carbocycles. The molecule has 0 radical (unpaired) electrons. The van der Waals surface area contributed by atoms with Crippen molar-refractivity contribution < 1.29 is 9.18 Å². The van der Waals surface area contributed by atoms with Crippen molar-refractivity contribution in [1.29, 1.82) is 0 Å². The number of carbonyl (C=O) groups is 1. The number of hydrogen-bond acceptors (Lipinski definition) is 5. The van der Waals surface area contributed by atoms with Crippen LogP contribution in [0.1, 0.15) is 5.56 Å². The van der Waals surface area contributed by atoms with E-state index in [1.165, 1.54) is 29.2 Å². The van der Waals surface area contributed by atoms with E-state index in [1.54, 1.807) is 0 Å². The summed E-state index contributed by atoms with van der Waals surface area (Å²) in [5.41, 5.74) is 5.85. The number of carbonyl (C=O) groups excluding carboxylic acids is 1. The van der Waals surface area contributed by atoms with Crippen LogP contribution in [0.5, 0.6) is 0 Å². The van der Waals surface area contributed by atoms with Crippen LogP contribution < -0.4 is 11.1 Å². The Morgan fingerprint density at radius 1 is 1.50 bits per heavy atom. The summed E-state index contributed by atoms with van der Waals surface area (Å²) in [5.74, 6) is 4.35. The van der Waals surface area contributed by atoms with Crippen LogP contribution in [0.15, 0.2) is 24.5 Å². The van der Waals surface area contributed by atoms with Crippen LogP contribution >= 0.6 is 0 Å². The zero-order valence-electron chi connectivity index (χ0n) is 10.4. The Balaban J connectivity index is 2.07. The second kappa shape index (κ2) is 6.40. The molecule has 0 atom stereocenters. The van der Waals surface area contributed by atoms with Crippen molar-refractivity contribution in [2.24, 2.45) is 5.73 Å². The first-order valence-corrected chi connectivity index (χ1v) is 5.68. The Morgan fingerprint density at radius 2 is 2.35 bits per heavy atom. The summed E-state index contributed by atoms with van der Waals surface area (Å²) in [6.45, 7) is 0.101. The van der Waals surface area contributed by atoms with Gasteiger partial charge < -0.3 is 11.1 Å². The number of halogens is 1. The largest absolute Gasteiger partial charge is 0.324 e. The first kappa shape index (κ1) is 13.6. The molecule has 2 rings (SSSR count). The van der Waals surface area contributed by atoms with Crippen molar-refractivity contribution in [3.05, 3.63) is 35.9 Å². The molecular formula is C12H11FN6O. The molecule has 0 spiro atoms. The highest BCUT2D eigenvalue weighted by Crippen LogP contribution is 2.13. The second-order valence-corrected chi connectivity index (χ2v) is 3.76. The molecule has 0 unspecified atom stereocenters. The lowest BCUT2D eigenvalue weighted by atomic mass is 10.2. The maximum Gasteiger partial charge on any atom is 0.246 e. The van der Waals surface area contributed by atoms with Crippen molar-refractivity contribution >= 4 is 11.6 Å². The Bertz CT molecular complexity index is 658. The predicted octanol–water partition coefficient (Wildman–Crippen LogP) is -0.239. The minimum atomic E-state index is -0.468. The molecule has 2 aromatic rings. The Morgan fingerprint density at radius 3 is 3.05 bits per heavy atom. The van der Waals surface area contributed by atoms with Gasteiger partial charge in [-0.2, -0.15) is 0 Å². The smallest absolute Gasteiger partial charge is 0.246 e. The third-order valence-corrected chi connectivity index (χ3v) is 2.27. The van der Waals surface area contributed by atoms with Crippen molar-refractivity contribution in [2.75, 3.05) is 11.9 Å². The molecule has 1 heterocycles. The molecule has 1 aromatic carbocycles. The van der Waals surface area contributed by atoms with Gasteiger partial charge in [0.25, 0.3) is 0 Å². The fourth-order valence-electron chi connectivity index (χ4n) is 1.45. The van der Waals surface area contributed by atoms with E-state index in [0.717, 1.165) is 0 Å². The van der Waals surface area contributed by atoms with Crippen molar-refractivity contribution in [2.45, 2.75) is 6.54 Å². The molecule has 0 aliphatic rings. The topological polar surface area (TPSA) is 98.7 Å². The van der Waals surface area contributed by atoms with Crippen LogP contribution in [-0.4, -0.2) is 32.7 Å². The monoisotopic (exact) mass is 274 g/mol. The average Bonchev–Trinajstić information content (AvgIpc) is 2.92. The van der Waals surface area contributed by atoms with Gasteiger partial charge in [0, 0.05) is 5.69 Å². The zero-order chi connectivity index (χ0) is 14.4. The summed E-state index contributed by atoms with van der Waals surface area (Å²) >= 11 is 0. The molecule has 20 heavy (non-hydrogen) atoms. The minimum Gasteiger partial charge on any atom is -0.324 e. The third-order valence-electron chi connectivity index (χ3n) is 2.27. The van der Waals surface area contributed by atoms with Gasteiger partial charge in [0.05, 0.1) is 12.1 Å². The summed E-state index contributed by atoms with van der Waals surface area (Å²) in [6, 6.07) is 4.11. The summed E-state index contributed by atoms with van der Waals surface area (Å²) in [6.07, 6.45) is 1.32. The Labute approximate surface area is 114 Å². The van der Waals surface area contributed by atoms with Crippen LogP contribution in [0, 0.1) is 17.7 Å². The van der Waals surface area contributed by atoms with E-state index in [0.29, 0.717) is 5.69 Å². The number of aromatic nitrogens is 4. The standard InChI is InChI=1S/C12H11FN6O/c13-11-4-3-10(6-9(11)2-1-5-14)16-12(20)7-19-8-15-17-18-19/h3-4,6,8H,5,7,14H2,(H,16,20). The van der Waals surface area contributed by atoms with Crippen LogP contribution in [0.25, 0.3) is 0 Å². The number of anilines is 1. The SMILES string of the molecule is NCC#Cc1cc(NC(=O)Cn2cnnn2)ccc1F. The van der Waals surface area contributed by atoms with Gasteiger partial charge in [-0.3, -0.25) is 4.79 Å². The lowest BCUT2D eigenvalue weighted by Crippen LogP contribution is -2.19. The van der Waals surface area contributed by atoms with Crippen LogP contribution in [-0.2, 0) is 11.3 Å². The van der Waals surface area contributed by atoms with Gasteiger partial charge >= 0.3 is 0 Å². The van der Waals surface area contributed by atoms with Gasteiger partial charge in [-0.1, -0.05) is 11.8 Å². The summed E-state index contributed by atoms with van der Waals surface area (Å²) in [7, 11) is 0. The molecule has 1 aromatic heterocycles. The zero-order valence-corrected chi connectivity index (χ0v) is 10.4. The lowest BCUT2D eigenvalue weighted by Gasteiger charge is -2.05. The normalized spacial score (nSPS) is 9.70. The predicted molar refractivity (Wildman–Crippen MR) is 68.8 cm³/mol. The molecule has 0 fully saturated rings. The van der Waals surface area contributed by atoms with E-state index in [-0.39, 0.29) is 24.6 Å². The van der Waals surface area contributed by atoms with E-state index < -0.39 is 5.82 Å². The van der Waals surface area contributed by atoms with Crippen molar-refractivity contribution in [3.8, 4) is 11.8 Å². The molecular weight excluding hydrogens is 263 g/mol. The van der Waals surface area contributed by atoms with Gasteiger partial charge in [-0.15, -0.1) is 5.10 Å². The maximum absolute atomic E-state index is 13.4. The maximum atomic E-state index is 13.4. The molecule has 7 nitrogen and oxygen atoms in total. The molecule has 3 N–H and O–H groups in total. The summed E-state index contributed by atoms with van der Waals surface area (Å²) in [4.78, 5) is 11.7. The fourth-order valence-corrected chi connectivity index (χ4v) is 1.45. The Kier molecular flexibility index (Phi) is 4.36. The number of hydrogen-bond donors (Lipinski definition) is 2. The number of nitrogens with zero attached hydrogens (tertiary/aromatic N) is 4. The second-order valence-electron chi connectivity index (χ2n) is 3.76. The third kappa shape index (κ3) is 3.60. The van der Waals surface area contributed by atoms with Gasteiger partial charge in [0.1, 0.15) is 18.7 Å². The van der Waals surface area contributed by atoms with Gasteiger partial charge in [-0.05, 0) is 28.6 Å². The number of tetrazole rings is 1. The number of rotatable bonds is 3. The van der Waals surface area contributed by atoms with E-state index >= 15 is 0 Å². The highest BCUT2D eigenvalue weighted by molar-refractivity contribution is 5.90. The first-order valence-electron chi connectivity index (χ1n) is 5.68. The number of benzene rings is 1. The Hall–Kier alpha value is -2.79. The summed E-state index contributed by atoms with van der Waals surface area (Å²) in [5, 5.41) is 13.0. The quantitative estimate of drug-likeness (QED) is 0.753. The van der Waals surface area contributed by atoms with E-state index in [9.17, 15) is 9.18 Å². The van der Waals surface area contributed by atoms with E-state index in [2.05, 4.69) is 32.7 Å². The van der Waals surface area contributed by atoms with E-state index in [1.807, 2.05) is 0 Å². The van der Waals surface area contributed by atoms with Gasteiger partial charge in [0.2, 0.25) is 5.91 Å². The summed E-state index contributed by atoms with van der Waals surface area (Å²) < 4.78 is 14.7. The van der Waals surface area contributed by atoms with Crippen LogP contribution in [0.2, 0.25) is 0 Å². The molecule has 0 bridgehead atoms. The lowest BCUT2D eigenvalue weighted by molar-refractivity contribution is -0.116. The molecule has 1 amide bonds. The highest BCUT2D eigenvalue weighted by atomic mass is 19.1. The molecule has 0 saturated carbocycles. The number of amides is 1. The van der Waals surface area contributed by atoms with Crippen LogP contribution in [0.3, 0.4) is 0 Å². The van der Waals surface area contributed by atoms with Crippen LogP contribution in [0.4, 0.5) is 10.1 Å². The highest BCUT2D eigenvalue weighted by Gasteiger charge is 2.06. The first-order chi connectivity index (χ1) is 9.69. The van der Waals surface area contributed by atoms with E-state index in [4.69, 9.17) is 5.73 Å². The molecule has 8 heteroatoms. The van der Waals surface area contributed by atoms with Crippen molar-refractivity contribution in [3.63, 3.8) is 0 Å². The fraction of sp³-hybridized carbons (Fsp3) is 0.167. The van der Waals surface area contributed by atoms with Gasteiger partial charge in [-0.25, -0.2) is 9.07 Å². The molecule has 102 valence electrons.